The summed E-state index contributed by atoms with van der Waals surface area (Å²) in [6.45, 7) is 5.13. The largest absolute Gasteiger partial charge is 0.542 e. The minimum atomic E-state index is -5.19. The molecule has 0 aromatic heterocycles. The van der Waals surface area contributed by atoms with Crippen LogP contribution in [0.25, 0.3) is 0 Å². The second-order valence-electron chi connectivity index (χ2n) is 11.0. The highest BCUT2D eigenvalue weighted by Crippen LogP contribution is 2.37. The Balaban J connectivity index is 0.000000517. The third kappa shape index (κ3) is 8.82. The molecule has 0 saturated carbocycles. The molecule has 6 rings (SSSR count). The van der Waals surface area contributed by atoms with Gasteiger partial charge >= 0.3 is 12.1 Å². The maximum absolute atomic E-state index is 13.6. The van der Waals surface area contributed by atoms with E-state index in [-0.39, 0.29) is 18.0 Å². The number of carbonyl (C=O) groups excluding carboxylic acids is 2. The highest BCUT2D eigenvalue weighted by atomic mass is 19.4. The van der Waals surface area contributed by atoms with Gasteiger partial charge in [0.1, 0.15) is 18.3 Å². The van der Waals surface area contributed by atoms with Crippen LogP contribution >= 0.6 is 0 Å². The number of esters is 1. The standard InChI is InChI=1S/C31H36NO3.C2HF3O2/c33-31(29(26-13-6-2-7-14-26)23-25-11-4-1-5-12-25)35-30-24-32(20-17-27(30)18-21-32)19-10-22-34-28-15-8-3-9-16-28;3-2(4,5)1(6)7/h1-9,11-16,27,29-30H,10,17-24H2;(H,6,7)/q+1;/p-1/t27?,29?,30-,32?;/m0./s1. The molecule has 1 unspecified atom stereocenters. The molecule has 6 nitrogen and oxygen atoms in total. The molecule has 0 N–H and O–H groups in total. The van der Waals surface area contributed by atoms with Crippen molar-refractivity contribution in [3.63, 3.8) is 0 Å². The Bertz CT molecular complexity index is 1260. The fraction of sp³-hybridized carbons (Fsp3) is 0.394. The zero-order valence-corrected chi connectivity index (χ0v) is 23.4. The first-order valence-electron chi connectivity index (χ1n) is 14.3. The zero-order chi connectivity index (χ0) is 30.0. The van der Waals surface area contributed by atoms with E-state index in [1.807, 2.05) is 78.9 Å². The fourth-order valence-corrected chi connectivity index (χ4v) is 5.88. The van der Waals surface area contributed by atoms with E-state index in [1.165, 1.54) is 13.1 Å². The Labute approximate surface area is 244 Å². The SMILES string of the molecule is O=C(O[C@H]1C[N+]2(CCCOc3ccccc3)CCC1CC2)C(Cc1ccccc1)c1ccccc1.O=C([O-])C(F)(F)F. The Kier molecular flexibility index (Phi) is 10.6. The first-order valence-corrected chi connectivity index (χ1v) is 14.3. The minimum absolute atomic E-state index is 0.0158. The van der Waals surface area contributed by atoms with E-state index in [4.69, 9.17) is 19.4 Å². The fourth-order valence-electron chi connectivity index (χ4n) is 5.88. The number of carbonyl (C=O) groups is 2. The summed E-state index contributed by atoms with van der Waals surface area (Å²) in [5.41, 5.74) is 2.19. The van der Waals surface area contributed by atoms with Gasteiger partial charge in [0.2, 0.25) is 0 Å². The first kappa shape index (κ1) is 31.1. The number of carboxylic acids is 1. The van der Waals surface area contributed by atoms with E-state index < -0.39 is 12.1 Å². The Morgan fingerprint density at radius 2 is 1.43 bits per heavy atom. The molecule has 0 spiro atoms. The molecule has 3 aromatic rings. The number of para-hydroxylation sites is 1. The van der Waals surface area contributed by atoms with E-state index in [1.54, 1.807) is 0 Å². The molecular weight excluding hydrogens is 547 g/mol. The monoisotopic (exact) mass is 583 g/mol. The number of hydrogen-bond acceptors (Lipinski definition) is 5. The lowest BCUT2D eigenvalue weighted by Gasteiger charge is -2.52. The van der Waals surface area contributed by atoms with Crippen LogP contribution in [-0.2, 0) is 20.7 Å². The predicted molar refractivity (Wildman–Crippen MR) is 149 cm³/mol. The van der Waals surface area contributed by atoms with Gasteiger partial charge in [-0.25, -0.2) is 0 Å². The smallest absolute Gasteiger partial charge is 0.430 e. The maximum atomic E-state index is 13.6. The Morgan fingerprint density at radius 1 is 0.881 bits per heavy atom. The molecule has 3 aromatic carbocycles. The first-order chi connectivity index (χ1) is 20.2. The van der Waals surface area contributed by atoms with Crippen LogP contribution in [-0.4, -0.2) is 61.5 Å². The molecule has 3 heterocycles. The number of halogens is 3. The minimum Gasteiger partial charge on any atom is -0.542 e. The summed E-state index contributed by atoms with van der Waals surface area (Å²) < 4.78 is 44.9. The number of quaternary nitrogens is 1. The predicted octanol–water partition coefficient (Wildman–Crippen LogP) is 4.93. The lowest BCUT2D eigenvalue weighted by molar-refractivity contribution is -0.946. The van der Waals surface area contributed by atoms with Crippen molar-refractivity contribution < 1.29 is 41.8 Å². The summed E-state index contributed by atoms with van der Waals surface area (Å²) in [6.07, 6.45) is -1.21. The number of hydrogen-bond donors (Lipinski definition) is 0. The molecule has 3 aliphatic rings. The summed E-state index contributed by atoms with van der Waals surface area (Å²) in [5, 5.41) is 8.78. The number of alkyl halides is 3. The molecule has 0 amide bonds. The molecule has 0 aliphatic carbocycles. The quantitative estimate of drug-likeness (QED) is 0.192. The van der Waals surface area contributed by atoms with E-state index >= 15 is 0 Å². The lowest BCUT2D eigenvalue weighted by Crippen LogP contribution is -2.64. The highest BCUT2D eigenvalue weighted by Gasteiger charge is 2.47. The Morgan fingerprint density at radius 3 is 2.00 bits per heavy atom. The maximum Gasteiger partial charge on any atom is 0.430 e. The highest BCUT2D eigenvalue weighted by molar-refractivity contribution is 5.78. The number of aliphatic carboxylic acids is 1. The molecule has 3 fully saturated rings. The van der Waals surface area contributed by atoms with Crippen molar-refractivity contribution in [3.05, 3.63) is 102 Å². The molecule has 3 aliphatic heterocycles. The number of carboxylic acid groups (broad SMARTS) is 1. The van der Waals surface area contributed by atoms with E-state index in [0.29, 0.717) is 12.3 Å². The summed E-state index contributed by atoms with van der Waals surface area (Å²) in [5.74, 6) is -1.94. The van der Waals surface area contributed by atoms with Crippen molar-refractivity contribution >= 4 is 11.9 Å². The number of piperidine rings is 3. The van der Waals surface area contributed by atoms with Crippen LogP contribution in [0.5, 0.6) is 5.75 Å². The van der Waals surface area contributed by atoms with Gasteiger partial charge in [-0.15, -0.1) is 0 Å². The summed E-state index contributed by atoms with van der Waals surface area (Å²) in [6, 6.07) is 30.4. The lowest BCUT2D eigenvalue weighted by atomic mass is 9.83. The number of fused-ring (bicyclic) bond motifs is 3. The van der Waals surface area contributed by atoms with Gasteiger partial charge in [-0.1, -0.05) is 78.9 Å². The van der Waals surface area contributed by atoms with Crippen LogP contribution in [0.2, 0.25) is 0 Å². The van der Waals surface area contributed by atoms with Crippen LogP contribution in [0.3, 0.4) is 0 Å². The zero-order valence-electron chi connectivity index (χ0n) is 23.4. The molecule has 2 atom stereocenters. The van der Waals surface area contributed by atoms with E-state index in [0.717, 1.165) is 60.3 Å². The molecule has 42 heavy (non-hydrogen) atoms. The Hall–Kier alpha value is -3.85. The van der Waals surface area contributed by atoms with E-state index in [9.17, 15) is 18.0 Å². The third-order valence-corrected chi connectivity index (χ3v) is 8.10. The molecule has 9 heteroatoms. The van der Waals surface area contributed by atoms with Gasteiger partial charge in [0.15, 0.2) is 6.10 Å². The van der Waals surface area contributed by atoms with Crippen molar-refractivity contribution in [2.75, 3.05) is 32.8 Å². The van der Waals surface area contributed by atoms with Crippen LogP contribution in [0, 0.1) is 5.92 Å². The van der Waals surface area contributed by atoms with Crippen LogP contribution in [0.15, 0.2) is 91.0 Å². The van der Waals surface area contributed by atoms with Crippen molar-refractivity contribution in [2.45, 2.75) is 43.9 Å². The third-order valence-electron chi connectivity index (χ3n) is 8.10. The second-order valence-corrected chi connectivity index (χ2v) is 11.0. The number of ether oxygens (including phenoxy) is 2. The van der Waals surface area contributed by atoms with Crippen LogP contribution < -0.4 is 9.84 Å². The number of nitrogens with zero attached hydrogens (tertiary/aromatic N) is 1. The molecular formula is C33H36F3NO5. The second kappa shape index (κ2) is 14.4. The van der Waals surface area contributed by atoms with Crippen molar-refractivity contribution in [3.8, 4) is 5.75 Å². The topological polar surface area (TPSA) is 75.7 Å². The van der Waals surface area contributed by atoms with E-state index in [2.05, 4.69) is 12.1 Å². The molecule has 224 valence electrons. The summed E-state index contributed by atoms with van der Waals surface area (Å²) >= 11 is 0. The molecule has 2 bridgehead atoms. The average Bonchev–Trinajstić information content (AvgIpc) is 3.00. The van der Waals surface area contributed by atoms with Gasteiger partial charge in [-0.2, -0.15) is 13.2 Å². The summed E-state index contributed by atoms with van der Waals surface area (Å²) in [4.78, 5) is 22.3. The van der Waals surface area contributed by atoms with Crippen molar-refractivity contribution in [1.82, 2.24) is 0 Å². The van der Waals surface area contributed by atoms with Gasteiger partial charge in [0.05, 0.1) is 32.2 Å². The van der Waals surface area contributed by atoms with Gasteiger partial charge in [0.25, 0.3) is 0 Å². The van der Waals surface area contributed by atoms with Gasteiger partial charge in [-0.3, -0.25) is 4.79 Å². The molecule has 3 saturated heterocycles. The van der Waals surface area contributed by atoms with Gasteiger partial charge in [-0.05, 0) is 29.7 Å². The van der Waals surface area contributed by atoms with Crippen molar-refractivity contribution in [1.29, 1.82) is 0 Å². The van der Waals surface area contributed by atoms with Crippen LogP contribution in [0.1, 0.15) is 36.3 Å². The van der Waals surface area contributed by atoms with Gasteiger partial charge < -0.3 is 23.9 Å². The van der Waals surface area contributed by atoms with Gasteiger partial charge in [0, 0.05) is 25.2 Å². The van der Waals surface area contributed by atoms with Crippen molar-refractivity contribution in [2.24, 2.45) is 5.92 Å². The average molecular weight is 584 g/mol. The number of benzene rings is 3. The summed E-state index contributed by atoms with van der Waals surface area (Å²) in [7, 11) is 0. The van der Waals surface area contributed by atoms with Crippen LogP contribution in [0.4, 0.5) is 13.2 Å². The number of rotatable bonds is 10. The molecule has 0 radical (unpaired) electrons. The normalized spacial score (nSPS) is 21.9.